The molecule has 0 aliphatic heterocycles. The van der Waals surface area contributed by atoms with Gasteiger partial charge in [0.15, 0.2) is 0 Å². The maximum Gasteiger partial charge on any atom is 0.251 e. The highest BCUT2D eigenvalue weighted by Crippen LogP contribution is 2.12. The first-order valence-corrected chi connectivity index (χ1v) is 9.73. The van der Waals surface area contributed by atoms with Crippen LogP contribution in [0.1, 0.15) is 35.7 Å². The summed E-state index contributed by atoms with van der Waals surface area (Å²) in [7, 11) is 1.58. The first kappa shape index (κ1) is 21.0. The number of amides is 2. The molecule has 2 aromatic rings. The van der Waals surface area contributed by atoms with Crippen molar-refractivity contribution in [3.05, 3.63) is 64.1 Å². The summed E-state index contributed by atoms with van der Waals surface area (Å²) in [6, 6.07) is 15.1. The van der Waals surface area contributed by atoms with Gasteiger partial charge in [0.2, 0.25) is 5.91 Å². The van der Waals surface area contributed by atoms with Gasteiger partial charge in [-0.1, -0.05) is 28.1 Å². The molecule has 144 valence electrons. The lowest BCUT2D eigenvalue weighted by molar-refractivity contribution is -0.121. The van der Waals surface area contributed by atoms with Gasteiger partial charge < -0.3 is 15.4 Å². The van der Waals surface area contributed by atoms with E-state index in [9.17, 15) is 9.59 Å². The lowest BCUT2D eigenvalue weighted by Crippen LogP contribution is -2.34. The minimum atomic E-state index is -0.151. The lowest BCUT2D eigenvalue weighted by Gasteiger charge is -2.14. The van der Waals surface area contributed by atoms with Gasteiger partial charge in [0.25, 0.3) is 5.91 Å². The molecule has 1 atom stereocenters. The number of halogens is 1. The second-order valence-electron chi connectivity index (χ2n) is 6.39. The molecular formula is C21H25BrN2O3. The van der Waals surface area contributed by atoms with Gasteiger partial charge in [-0.25, -0.2) is 0 Å². The van der Waals surface area contributed by atoms with Crippen LogP contribution in [0.5, 0.6) is 5.75 Å². The molecule has 0 aliphatic carbocycles. The van der Waals surface area contributed by atoms with Gasteiger partial charge >= 0.3 is 0 Å². The second kappa shape index (κ2) is 10.7. The van der Waals surface area contributed by atoms with Crippen molar-refractivity contribution in [2.24, 2.45) is 0 Å². The number of methoxy groups -OCH3 is 1. The first-order chi connectivity index (χ1) is 13.0. The molecule has 1 unspecified atom stereocenters. The van der Waals surface area contributed by atoms with Crippen molar-refractivity contribution in [3.63, 3.8) is 0 Å². The Bertz CT molecular complexity index is 745. The molecule has 0 radical (unpaired) electrons. The van der Waals surface area contributed by atoms with E-state index in [0.717, 1.165) is 10.9 Å². The molecule has 5 nitrogen and oxygen atoms in total. The minimum Gasteiger partial charge on any atom is -0.497 e. The van der Waals surface area contributed by atoms with E-state index in [0.29, 0.717) is 30.7 Å². The van der Waals surface area contributed by atoms with Crippen LogP contribution in [0, 0.1) is 0 Å². The average molecular weight is 433 g/mol. The quantitative estimate of drug-likeness (QED) is 0.593. The monoisotopic (exact) mass is 432 g/mol. The largest absolute Gasteiger partial charge is 0.497 e. The Kier molecular flexibility index (Phi) is 8.33. The Balaban J connectivity index is 1.64. The van der Waals surface area contributed by atoms with E-state index in [-0.39, 0.29) is 17.9 Å². The standard InChI is InChI=1S/C21H25BrN2O3/c1-15(14-16-5-9-18(22)10-6-16)24-20(25)4-3-13-23-21(26)17-7-11-19(27-2)12-8-17/h5-12,15H,3-4,13-14H2,1-2H3,(H,23,26)(H,24,25). The van der Waals surface area contributed by atoms with E-state index in [1.807, 2.05) is 31.2 Å². The molecular weight excluding hydrogens is 408 g/mol. The molecule has 0 saturated heterocycles. The molecule has 0 aliphatic rings. The molecule has 0 heterocycles. The number of nitrogens with one attached hydrogen (secondary N) is 2. The molecule has 0 bridgehead atoms. The van der Waals surface area contributed by atoms with Crippen LogP contribution in [0.4, 0.5) is 0 Å². The van der Waals surface area contributed by atoms with Gasteiger partial charge in [-0.3, -0.25) is 9.59 Å². The maximum absolute atomic E-state index is 12.0. The fourth-order valence-electron chi connectivity index (χ4n) is 2.67. The number of carbonyl (C=O) groups excluding carboxylic acids is 2. The molecule has 27 heavy (non-hydrogen) atoms. The summed E-state index contributed by atoms with van der Waals surface area (Å²) < 4.78 is 6.11. The smallest absolute Gasteiger partial charge is 0.251 e. The summed E-state index contributed by atoms with van der Waals surface area (Å²) in [4.78, 5) is 24.1. The fraction of sp³-hybridized carbons (Fsp3) is 0.333. The number of ether oxygens (including phenoxy) is 1. The minimum absolute atomic E-state index is 0.00157. The molecule has 0 spiro atoms. The predicted molar refractivity (Wildman–Crippen MR) is 110 cm³/mol. The number of hydrogen-bond donors (Lipinski definition) is 2. The van der Waals surface area contributed by atoms with Crippen molar-refractivity contribution in [2.45, 2.75) is 32.2 Å². The molecule has 0 saturated carbocycles. The molecule has 6 heteroatoms. The van der Waals surface area contributed by atoms with Crippen molar-refractivity contribution < 1.29 is 14.3 Å². The van der Waals surface area contributed by atoms with Gasteiger partial charge in [-0.05, 0) is 61.7 Å². The Morgan fingerprint density at radius 1 is 1.07 bits per heavy atom. The Hall–Kier alpha value is -2.34. The highest BCUT2D eigenvalue weighted by atomic mass is 79.9. The van der Waals surface area contributed by atoms with Crippen LogP contribution in [0.3, 0.4) is 0 Å². The van der Waals surface area contributed by atoms with Crippen molar-refractivity contribution in [3.8, 4) is 5.75 Å². The van der Waals surface area contributed by atoms with Crippen molar-refractivity contribution in [1.82, 2.24) is 10.6 Å². The molecule has 0 aromatic heterocycles. The van der Waals surface area contributed by atoms with Gasteiger partial charge in [0.1, 0.15) is 5.75 Å². The molecule has 2 rings (SSSR count). The van der Waals surface area contributed by atoms with Crippen LogP contribution >= 0.6 is 15.9 Å². The summed E-state index contributed by atoms with van der Waals surface area (Å²) in [5.41, 5.74) is 1.75. The van der Waals surface area contributed by atoms with Gasteiger partial charge in [0, 0.05) is 29.0 Å². The van der Waals surface area contributed by atoms with Gasteiger partial charge in [0.05, 0.1) is 7.11 Å². The highest BCUT2D eigenvalue weighted by molar-refractivity contribution is 9.10. The van der Waals surface area contributed by atoms with Crippen molar-refractivity contribution >= 4 is 27.7 Å². The third kappa shape index (κ3) is 7.43. The molecule has 0 fully saturated rings. The average Bonchev–Trinajstić information content (AvgIpc) is 2.67. The summed E-state index contributed by atoms with van der Waals surface area (Å²) in [5, 5.41) is 5.82. The predicted octanol–water partition coefficient (Wildman–Crippen LogP) is 3.72. The Labute approximate surface area is 168 Å². The summed E-state index contributed by atoms with van der Waals surface area (Å²) >= 11 is 3.41. The zero-order chi connectivity index (χ0) is 19.6. The van der Waals surface area contributed by atoms with Gasteiger partial charge in [-0.2, -0.15) is 0 Å². The van der Waals surface area contributed by atoms with E-state index >= 15 is 0 Å². The molecule has 2 N–H and O–H groups in total. The maximum atomic E-state index is 12.0. The van der Waals surface area contributed by atoms with Crippen molar-refractivity contribution in [2.75, 3.05) is 13.7 Å². The van der Waals surface area contributed by atoms with Crippen LogP contribution in [-0.4, -0.2) is 31.5 Å². The zero-order valence-corrected chi connectivity index (χ0v) is 17.2. The van der Waals surface area contributed by atoms with E-state index in [1.54, 1.807) is 31.4 Å². The number of hydrogen-bond acceptors (Lipinski definition) is 3. The third-order valence-electron chi connectivity index (χ3n) is 4.08. The third-order valence-corrected chi connectivity index (χ3v) is 4.61. The van der Waals surface area contributed by atoms with E-state index in [4.69, 9.17) is 4.74 Å². The zero-order valence-electron chi connectivity index (χ0n) is 15.6. The summed E-state index contributed by atoms with van der Waals surface area (Å²) in [6.07, 6.45) is 1.76. The highest BCUT2D eigenvalue weighted by Gasteiger charge is 2.09. The summed E-state index contributed by atoms with van der Waals surface area (Å²) in [6.45, 7) is 2.45. The Morgan fingerprint density at radius 3 is 2.37 bits per heavy atom. The Morgan fingerprint density at radius 2 is 1.74 bits per heavy atom. The van der Waals surface area contributed by atoms with Gasteiger partial charge in [-0.15, -0.1) is 0 Å². The van der Waals surface area contributed by atoms with Crippen LogP contribution in [0.25, 0.3) is 0 Å². The van der Waals surface area contributed by atoms with E-state index in [1.165, 1.54) is 5.56 Å². The topological polar surface area (TPSA) is 67.4 Å². The summed E-state index contributed by atoms with van der Waals surface area (Å²) in [5.74, 6) is 0.556. The second-order valence-corrected chi connectivity index (χ2v) is 7.30. The fourth-order valence-corrected chi connectivity index (χ4v) is 2.93. The molecule has 2 amide bonds. The van der Waals surface area contributed by atoms with E-state index in [2.05, 4.69) is 26.6 Å². The number of carbonyl (C=O) groups is 2. The number of rotatable bonds is 9. The van der Waals surface area contributed by atoms with Crippen LogP contribution < -0.4 is 15.4 Å². The molecule has 2 aromatic carbocycles. The van der Waals surface area contributed by atoms with Crippen LogP contribution in [0.15, 0.2) is 53.0 Å². The SMILES string of the molecule is COc1ccc(C(=O)NCCCC(=O)NC(C)Cc2ccc(Br)cc2)cc1. The van der Waals surface area contributed by atoms with E-state index < -0.39 is 0 Å². The number of benzene rings is 2. The van der Waals surface area contributed by atoms with Crippen LogP contribution in [-0.2, 0) is 11.2 Å². The normalized spacial score (nSPS) is 11.5. The lowest BCUT2D eigenvalue weighted by atomic mass is 10.1. The van der Waals surface area contributed by atoms with Crippen molar-refractivity contribution in [1.29, 1.82) is 0 Å². The first-order valence-electron chi connectivity index (χ1n) is 8.94. The van der Waals surface area contributed by atoms with Crippen LogP contribution in [0.2, 0.25) is 0 Å².